The predicted octanol–water partition coefficient (Wildman–Crippen LogP) is 3.36. The summed E-state index contributed by atoms with van der Waals surface area (Å²) in [6, 6.07) is 1.95. The molecule has 27 heavy (non-hydrogen) atoms. The number of hydrogen-bond donors (Lipinski definition) is 0. The Labute approximate surface area is 159 Å². The first-order chi connectivity index (χ1) is 12.7. The second-order valence-electron chi connectivity index (χ2n) is 8.35. The monoisotopic (exact) mass is 372 g/mol. The lowest BCUT2D eigenvalue weighted by Gasteiger charge is -2.41. The summed E-state index contributed by atoms with van der Waals surface area (Å²) in [5.74, 6) is 0. The first kappa shape index (κ1) is 19.3. The molecular formula is C20H28N4O3. The number of nitrogens with zero attached hydrogens (tertiary/aromatic N) is 4. The van der Waals surface area contributed by atoms with Gasteiger partial charge in [-0.05, 0) is 53.5 Å². The summed E-state index contributed by atoms with van der Waals surface area (Å²) in [4.78, 5) is 30.0. The fraction of sp³-hybridized carbons (Fsp3) is 0.600. The molecule has 1 aliphatic rings. The van der Waals surface area contributed by atoms with Gasteiger partial charge in [0, 0.05) is 36.8 Å². The Hall–Kier alpha value is -2.44. The number of carbonyl (C=O) groups is 2. The van der Waals surface area contributed by atoms with Crippen molar-refractivity contribution < 1.29 is 14.3 Å². The number of hydrogen-bond acceptors (Lipinski definition) is 5. The highest BCUT2D eigenvalue weighted by molar-refractivity contribution is 5.84. The van der Waals surface area contributed by atoms with Crippen LogP contribution in [0.15, 0.2) is 12.3 Å². The Balaban J connectivity index is 1.91. The van der Waals surface area contributed by atoms with Crippen molar-refractivity contribution in [2.45, 2.75) is 65.0 Å². The number of ether oxygens (including phenoxy) is 1. The Morgan fingerprint density at radius 1 is 1.26 bits per heavy atom. The zero-order valence-electron chi connectivity index (χ0n) is 16.8. The van der Waals surface area contributed by atoms with Gasteiger partial charge in [0.05, 0.1) is 16.7 Å². The third-order valence-electron chi connectivity index (χ3n) is 5.22. The number of aromatic nitrogens is 3. The van der Waals surface area contributed by atoms with Gasteiger partial charge in [-0.1, -0.05) is 0 Å². The number of rotatable bonds is 3. The fourth-order valence-electron chi connectivity index (χ4n) is 3.88. The van der Waals surface area contributed by atoms with Crippen LogP contribution in [0.4, 0.5) is 4.79 Å². The molecule has 1 fully saturated rings. The summed E-state index contributed by atoms with van der Waals surface area (Å²) < 4.78 is 7.48. The van der Waals surface area contributed by atoms with Crippen LogP contribution in [-0.2, 0) is 15.1 Å². The van der Waals surface area contributed by atoms with Gasteiger partial charge in [0.1, 0.15) is 11.9 Å². The summed E-state index contributed by atoms with van der Waals surface area (Å²) in [5.41, 5.74) is 1.89. The highest BCUT2D eigenvalue weighted by Crippen LogP contribution is 2.36. The molecular weight excluding hydrogens is 344 g/mol. The van der Waals surface area contributed by atoms with E-state index in [2.05, 4.69) is 4.98 Å². The second-order valence-corrected chi connectivity index (χ2v) is 8.35. The number of pyridine rings is 1. The van der Waals surface area contributed by atoms with Crippen molar-refractivity contribution >= 4 is 23.3 Å². The highest BCUT2D eigenvalue weighted by Gasteiger charge is 2.40. The first-order valence-corrected chi connectivity index (χ1v) is 9.40. The average molecular weight is 372 g/mol. The number of likely N-dealkylation sites (tertiary alicyclic amines) is 1. The lowest BCUT2D eigenvalue weighted by atomic mass is 9.84. The van der Waals surface area contributed by atoms with Gasteiger partial charge < -0.3 is 14.4 Å². The number of piperidine rings is 1. The number of aldehydes is 1. The fourth-order valence-corrected chi connectivity index (χ4v) is 3.88. The number of fused-ring (bicyclic) bond motifs is 1. The molecule has 146 valence electrons. The summed E-state index contributed by atoms with van der Waals surface area (Å²) >= 11 is 0. The molecule has 0 spiro atoms. The van der Waals surface area contributed by atoms with Gasteiger partial charge in [-0.2, -0.15) is 5.10 Å². The van der Waals surface area contributed by atoms with E-state index in [1.165, 1.54) is 0 Å². The van der Waals surface area contributed by atoms with Crippen LogP contribution in [-0.4, -0.2) is 50.7 Å². The topological polar surface area (TPSA) is 77.3 Å². The molecule has 0 bridgehead atoms. The van der Waals surface area contributed by atoms with Crippen LogP contribution in [0, 0.1) is 13.8 Å². The largest absolute Gasteiger partial charge is 0.444 e. The van der Waals surface area contributed by atoms with Crippen molar-refractivity contribution in [3.8, 4) is 0 Å². The van der Waals surface area contributed by atoms with Crippen LogP contribution in [0.5, 0.6) is 0 Å². The van der Waals surface area contributed by atoms with E-state index in [1.54, 1.807) is 11.1 Å². The van der Waals surface area contributed by atoms with Crippen LogP contribution in [0.3, 0.4) is 0 Å². The molecule has 0 saturated carbocycles. The van der Waals surface area contributed by atoms with Gasteiger partial charge in [-0.15, -0.1) is 0 Å². The predicted molar refractivity (Wildman–Crippen MR) is 103 cm³/mol. The molecule has 2 aromatic rings. The van der Waals surface area contributed by atoms with Gasteiger partial charge >= 0.3 is 6.09 Å². The van der Waals surface area contributed by atoms with E-state index in [4.69, 9.17) is 9.84 Å². The molecule has 7 heteroatoms. The molecule has 1 aliphatic heterocycles. The maximum absolute atomic E-state index is 12.4. The highest BCUT2D eigenvalue weighted by atomic mass is 16.6. The molecule has 0 aromatic carbocycles. The van der Waals surface area contributed by atoms with E-state index in [-0.39, 0.29) is 6.09 Å². The molecule has 0 N–H and O–H groups in total. The molecule has 2 aromatic heterocycles. The van der Waals surface area contributed by atoms with Crippen LogP contribution in [0.25, 0.3) is 10.9 Å². The Morgan fingerprint density at radius 2 is 1.93 bits per heavy atom. The molecule has 1 saturated heterocycles. The average Bonchev–Trinajstić information content (AvgIpc) is 2.93. The number of amides is 1. The molecule has 0 radical (unpaired) electrons. The van der Waals surface area contributed by atoms with E-state index in [9.17, 15) is 9.59 Å². The molecule has 0 unspecified atom stereocenters. The quantitative estimate of drug-likeness (QED) is 0.772. The van der Waals surface area contributed by atoms with E-state index < -0.39 is 11.1 Å². The molecule has 0 aliphatic carbocycles. The van der Waals surface area contributed by atoms with Crippen LogP contribution in [0.1, 0.15) is 51.4 Å². The van der Waals surface area contributed by atoms with Gasteiger partial charge in [0.25, 0.3) is 0 Å². The van der Waals surface area contributed by atoms with Crippen molar-refractivity contribution in [2.24, 2.45) is 0 Å². The van der Waals surface area contributed by atoms with E-state index in [0.717, 1.165) is 28.6 Å². The van der Waals surface area contributed by atoms with E-state index in [0.29, 0.717) is 32.4 Å². The van der Waals surface area contributed by atoms with Crippen molar-refractivity contribution in [3.05, 3.63) is 23.7 Å². The smallest absolute Gasteiger partial charge is 0.410 e. The minimum Gasteiger partial charge on any atom is -0.444 e. The molecule has 1 amide bonds. The van der Waals surface area contributed by atoms with Gasteiger partial charge in [0.15, 0.2) is 0 Å². The second kappa shape index (κ2) is 6.94. The molecule has 7 nitrogen and oxygen atoms in total. The normalized spacial score (nSPS) is 17.1. The summed E-state index contributed by atoms with van der Waals surface area (Å²) in [7, 11) is 0. The Bertz CT molecular complexity index is 858. The first-order valence-electron chi connectivity index (χ1n) is 9.40. The van der Waals surface area contributed by atoms with Gasteiger partial charge in [-0.25, -0.2) is 4.79 Å². The summed E-state index contributed by atoms with van der Waals surface area (Å²) in [6.07, 6.45) is 4.11. The zero-order chi connectivity index (χ0) is 19.8. The third kappa shape index (κ3) is 3.68. The van der Waals surface area contributed by atoms with Gasteiger partial charge in [-0.3, -0.25) is 9.67 Å². The standard InChI is InChI=1S/C20H28N4O3/c1-14-17-15(2)22-24(16(17)6-10-21-14)20(9-13-25)7-11-23(12-8-20)18(26)27-19(3,4)5/h6,10,13H,7-9,11-12H2,1-5H3. The minimum absolute atomic E-state index is 0.302. The number of carbonyl (C=O) groups excluding carboxylic acids is 2. The lowest BCUT2D eigenvalue weighted by Crippen LogP contribution is -2.49. The number of aryl methyl sites for hydroxylation is 2. The zero-order valence-corrected chi connectivity index (χ0v) is 16.8. The molecule has 3 heterocycles. The van der Waals surface area contributed by atoms with Crippen molar-refractivity contribution in [1.29, 1.82) is 0 Å². The Morgan fingerprint density at radius 3 is 2.52 bits per heavy atom. The minimum atomic E-state index is -0.520. The Kier molecular flexibility index (Phi) is 4.97. The third-order valence-corrected chi connectivity index (χ3v) is 5.22. The maximum Gasteiger partial charge on any atom is 0.410 e. The van der Waals surface area contributed by atoms with Crippen molar-refractivity contribution in [2.75, 3.05) is 13.1 Å². The van der Waals surface area contributed by atoms with Crippen molar-refractivity contribution in [1.82, 2.24) is 19.7 Å². The summed E-state index contributed by atoms with van der Waals surface area (Å²) in [6.45, 7) is 10.6. The van der Waals surface area contributed by atoms with E-state index in [1.807, 2.05) is 45.4 Å². The SMILES string of the molecule is Cc1nccc2c1c(C)nn2C1(CC=O)CCN(C(=O)OC(C)(C)C)CC1. The summed E-state index contributed by atoms with van der Waals surface area (Å²) in [5, 5.41) is 5.82. The van der Waals surface area contributed by atoms with Crippen LogP contribution >= 0.6 is 0 Å². The molecule has 0 atom stereocenters. The maximum atomic E-state index is 12.4. The lowest BCUT2D eigenvalue weighted by molar-refractivity contribution is -0.110. The van der Waals surface area contributed by atoms with Crippen LogP contribution < -0.4 is 0 Å². The van der Waals surface area contributed by atoms with Crippen LogP contribution in [0.2, 0.25) is 0 Å². The van der Waals surface area contributed by atoms with Crippen molar-refractivity contribution in [3.63, 3.8) is 0 Å². The molecule has 3 rings (SSSR count). The van der Waals surface area contributed by atoms with E-state index >= 15 is 0 Å². The van der Waals surface area contributed by atoms with Gasteiger partial charge in [0.2, 0.25) is 0 Å².